The minimum atomic E-state index is -3.50. The predicted octanol–water partition coefficient (Wildman–Crippen LogP) is 5.66. The lowest BCUT2D eigenvalue weighted by Crippen LogP contribution is -2.46. The molecule has 0 aliphatic carbocycles. The van der Waals surface area contributed by atoms with Crippen molar-refractivity contribution in [3.05, 3.63) is 58.8 Å². The number of anilines is 2. The van der Waals surface area contributed by atoms with E-state index in [1.807, 2.05) is 13.8 Å². The van der Waals surface area contributed by atoms with Gasteiger partial charge in [-0.25, -0.2) is 13.4 Å². The molecule has 2 aliphatic rings. The number of halogens is 1. The first-order valence-electron chi connectivity index (χ1n) is 13.4. The number of hydrogen-bond acceptors (Lipinski definition) is 8. The number of aliphatic imine (C=N–C) groups is 1. The van der Waals surface area contributed by atoms with E-state index in [1.165, 1.54) is 11.1 Å². The average molecular weight is 574 g/mol. The summed E-state index contributed by atoms with van der Waals surface area (Å²) >= 11 is 6.51. The largest absolute Gasteiger partial charge is 0.489 e. The molecule has 0 spiro atoms. The number of ether oxygens (including phenoxy) is 1. The van der Waals surface area contributed by atoms with Crippen LogP contribution < -0.4 is 20.7 Å². The average Bonchev–Trinajstić information content (AvgIpc) is 2.86. The monoisotopic (exact) mass is 573 g/mol. The van der Waals surface area contributed by atoms with Gasteiger partial charge < -0.3 is 20.7 Å². The van der Waals surface area contributed by atoms with Crippen LogP contribution in [0.3, 0.4) is 0 Å². The first-order chi connectivity index (χ1) is 18.3. The summed E-state index contributed by atoms with van der Waals surface area (Å²) in [6.45, 7) is 16.9. The van der Waals surface area contributed by atoms with E-state index in [0.29, 0.717) is 16.7 Å². The summed E-state index contributed by atoms with van der Waals surface area (Å²) < 4.78 is 32.1. The van der Waals surface area contributed by atoms with Crippen LogP contribution in [-0.4, -0.2) is 49.9 Å². The molecule has 0 bridgehead atoms. The number of guanidine groups is 1. The second kappa shape index (κ2) is 11.4. The molecule has 8 nitrogen and oxygen atoms in total. The highest BCUT2D eigenvalue weighted by molar-refractivity contribution is 7.92. The van der Waals surface area contributed by atoms with Crippen LogP contribution in [0.4, 0.5) is 11.4 Å². The molecule has 2 aliphatic heterocycles. The van der Waals surface area contributed by atoms with Crippen molar-refractivity contribution in [2.45, 2.75) is 82.8 Å². The van der Waals surface area contributed by atoms with Crippen molar-refractivity contribution in [3.63, 3.8) is 0 Å². The molecule has 2 heterocycles. The molecule has 4 rings (SSSR count). The number of hydrogen-bond donors (Lipinski definition) is 3. The molecule has 1 unspecified atom stereocenters. The molecule has 0 saturated carbocycles. The fourth-order valence-corrected chi connectivity index (χ4v) is 6.35. The van der Waals surface area contributed by atoms with Gasteiger partial charge in [-0.3, -0.25) is 4.90 Å². The Morgan fingerprint density at radius 1 is 1.18 bits per heavy atom. The molecule has 2 aromatic rings. The molecule has 2 aromatic carbocycles. The van der Waals surface area contributed by atoms with Crippen LogP contribution in [0.2, 0.25) is 0 Å². The van der Waals surface area contributed by atoms with Crippen molar-refractivity contribution in [1.82, 2.24) is 10.2 Å². The number of likely N-dealkylation sites (N-methyl/N-ethyl adjacent to an activating group) is 1. The molecule has 39 heavy (non-hydrogen) atoms. The van der Waals surface area contributed by atoms with E-state index < -0.39 is 21.3 Å². The van der Waals surface area contributed by atoms with Gasteiger partial charge in [0.25, 0.3) is 0 Å². The molecule has 212 valence electrons. The predicted molar refractivity (Wildman–Crippen MR) is 160 cm³/mol. The number of para-hydroxylation sites is 1. The highest BCUT2D eigenvalue weighted by Crippen LogP contribution is 2.40. The van der Waals surface area contributed by atoms with E-state index in [0.717, 1.165) is 31.1 Å². The zero-order chi connectivity index (χ0) is 28.5. The van der Waals surface area contributed by atoms with Gasteiger partial charge in [0, 0.05) is 24.7 Å². The Hall–Kier alpha value is -2.75. The normalized spacial score (nSPS) is 19.2. The van der Waals surface area contributed by atoms with Crippen molar-refractivity contribution in [2.24, 2.45) is 4.99 Å². The lowest BCUT2D eigenvalue weighted by atomic mass is 9.78. The zero-order valence-corrected chi connectivity index (χ0v) is 25.4. The maximum Gasteiger partial charge on any atom is 0.202 e. The van der Waals surface area contributed by atoms with Gasteiger partial charge >= 0.3 is 0 Å². The number of nitrogens with zero attached hydrogens (tertiary/aromatic N) is 2. The van der Waals surface area contributed by atoms with Crippen molar-refractivity contribution in [3.8, 4) is 5.75 Å². The summed E-state index contributed by atoms with van der Waals surface area (Å²) in [5.41, 5.74) is 3.80. The summed E-state index contributed by atoms with van der Waals surface area (Å²) in [5, 5.41) is 9.77. The Bertz CT molecular complexity index is 1390. The Balaban J connectivity index is 1.62. The number of fused-ring (bicyclic) bond motifs is 1. The minimum Gasteiger partial charge on any atom is -0.489 e. The zero-order valence-electron chi connectivity index (χ0n) is 23.8. The van der Waals surface area contributed by atoms with Crippen LogP contribution >= 0.6 is 11.6 Å². The Kier molecular flexibility index (Phi) is 8.54. The number of sulfone groups is 1. The summed E-state index contributed by atoms with van der Waals surface area (Å²) in [7, 11) is -3.50. The van der Waals surface area contributed by atoms with E-state index in [2.05, 4.69) is 58.7 Å². The molecule has 3 N–H and O–H groups in total. The highest BCUT2D eigenvalue weighted by atomic mass is 35.5. The van der Waals surface area contributed by atoms with E-state index in [4.69, 9.17) is 16.3 Å². The first-order valence-corrected chi connectivity index (χ1v) is 15.4. The number of nitrogens with one attached hydrogen (secondary N) is 3. The van der Waals surface area contributed by atoms with Gasteiger partial charge in [0.1, 0.15) is 11.9 Å². The molecule has 0 aromatic heterocycles. The Morgan fingerprint density at radius 2 is 1.90 bits per heavy atom. The highest BCUT2D eigenvalue weighted by Gasteiger charge is 2.33. The molecule has 10 heteroatoms. The minimum absolute atomic E-state index is 0.00713. The van der Waals surface area contributed by atoms with Crippen molar-refractivity contribution < 1.29 is 13.2 Å². The van der Waals surface area contributed by atoms with Crippen molar-refractivity contribution in [1.29, 1.82) is 0 Å². The lowest BCUT2D eigenvalue weighted by Gasteiger charge is -2.40. The maximum atomic E-state index is 13.0. The number of benzene rings is 2. The number of rotatable bonds is 8. The van der Waals surface area contributed by atoms with Gasteiger partial charge in [-0.2, -0.15) is 0 Å². The third-order valence-electron chi connectivity index (χ3n) is 7.00. The smallest absolute Gasteiger partial charge is 0.202 e. The van der Waals surface area contributed by atoms with Crippen molar-refractivity contribution in [2.75, 3.05) is 23.7 Å². The quantitative estimate of drug-likeness (QED) is 0.375. The molecular weight excluding hydrogens is 534 g/mol. The SMILES string of the molecule is CCN1Cc2cc(NC3=NC=C(Cl)C(Nc4ccccc4S(=O)(=O)C(C)C)N3)c(OC(C)C)cc2C(C)(C)C1. The van der Waals surface area contributed by atoms with E-state index in [1.54, 1.807) is 44.3 Å². The van der Waals surface area contributed by atoms with Crippen LogP contribution in [-0.2, 0) is 21.8 Å². The summed E-state index contributed by atoms with van der Waals surface area (Å²) in [6, 6.07) is 11.1. The van der Waals surface area contributed by atoms with Crippen molar-refractivity contribution >= 4 is 38.8 Å². The molecule has 1 atom stereocenters. The second-order valence-corrected chi connectivity index (χ2v) is 14.2. The molecule has 0 amide bonds. The maximum absolute atomic E-state index is 13.0. The first kappa shape index (κ1) is 29.2. The summed E-state index contributed by atoms with van der Waals surface area (Å²) in [4.78, 5) is 7.14. The van der Waals surface area contributed by atoms with Gasteiger partial charge in [-0.05, 0) is 69.6 Å². The van der Waals surface area contributed by atoms with Crippen LogP contribution in [0.1, 0.15) is 59.6 Å². The van der Waals surface area contributed by atoms with E-state index >= 15 is 0 Å². The lowest BCUT2D eigenvalue weighted by molar-refractivity contribution is 0.201. The molecule has 0 saturated heterocycles. The molecule has 0 radical (unpaired) electrons. The van der Waals surface area contributed by atoms with Crippen LogP contribution in [0.15, 0.2) is 57.5 Å². The summed E-state index contributed by atoms with van der Waals surface area (Å²) in [5.74, 6) is 1.22. The van der Waals surface area contributed by atoms with Gasteiger partial charge in [0.2, 0.25) is 5.96 Å². The van der Waals surface area contributed by atoms with E-state index in [-0.39, 0.29) is 16.4 Å². The van der Waals surface area contributed by atoms with Crippen LogP contribution in [0, 0.1) is 0 Å². The van der Waals surface area contributed by atoms with Crippen LogP contribution in [0.25, 0.3) is 0 Å². The van der Waals surface area contributed by atoms with Gasteiger partial charge in [-0.1, -0.05) is 44.5 Å². The summed E-state index contributed by atoms with van der Waals surface area (Å²) in [6.07, 6.45) is 0.963. The fourth-order valence-electron chi connectivity index (χ4n) is 4.99. The standard InChI is InChI=1S/C29H40ClN5O3S/c1-8-35-16-20-13-24(25(38-18(2)3)14-21(20)29(6,7)17-35)33-28-31-15-22(30)27(34-28)32-23-11-9-10-12-26(23)39(36,37)19(4)5/h9-15,18-19,27,32H,8,16-17H2,1-7H3,(H2,31,33,34). The third-order valence-corrected chi connectivity index (χ3v) is 9.52. The Labute approximate surface area is 237 Å². The van der Waals surface area contributed by atoms with Gasteiger partial charge in [0.05, 0.1) is 32.7 Å². The van der Waals surface area contributed by atoms with Gasteiger partial charge in [0.15, 0.2) is 9.84 Å². The van der Waals surface area contributed by atoms with Crippen LogP contribution in [0.5, 0.6) is 5.75 Å². The van der Waals surface area contributed by atoms with E-state index in [9.17, 15) is 8.42 Å². The fraction of sp³-hybridized carbons (Fsp3) is 0.483. The topological polar surface area (TPSA) is 95.1 Å². The van der Waals surface area contributed by atoms with Gasteiger partial charge in [-0.15, -0.1) is 0 Å². The Morgan fingerprint density at radius 3 is 2.56 bits per heavy atom. The third kappa shape index (κ3) is 6.36. The second-order valence-electron chi connectivity index (χ2n) is 11.3. The molecular formula is C29H40ClN5O3S. The molecule has 0 fully saturated rings.